The number of hydrogen-bond acceptors (Lipinski definition) is 4. The van der Waals surface area contributed by atoms with Gasteiger partial charge in [0.15, 0.2) is 0 Å². The second-order valence-electron chi connectivity index (χ2n) is 11.0. The molecule has 210 valence electrons. The van der Waals surface area contributed by atoms with Gasteiger partial charge >= 0.3 is 5.97 Å². The maximum absolute atomic E-state index is 12.5. The fourth-order valence-corrected chi connectivity index (χ4v) is 5.41. The fraction of sp³-hybridized carbons (Fsp3) is 0.618. The Morgan fingerprint density at radius 2 is 1.08 bits per heavy atom. The minimum atomic E-state index is -0.370. The second kappa shape index (κ2) is 17.9. The predicted octanol–water partition coefficient (Wildman–Crippen LogP) is 9.80. The molecule has 1 saturated carbocycles. The summed E-state index contributed by atoms with van der Waals surface area (Å²) in [5.74, 6) is 3.61. The average Bonchev–Trinajstić information content (AvgIpc) is 2.95. The molecule has 0 radical (unpaired) electrons. The summed E-state index contributed by atoms with van der Waals surface area (Å²) in [6.07, 6.45) is 19.6. The Morgan fingerprint density at radius 3 is 1.68 bits per heavy atom. The summed E-state index contributed by atoms with van der Waals surface area (Å²) >= 11 is 0. The van der Waals surface area contributed by atoms with Crippen LogP contribution in [0.3, 0.4) is 0 Å². The van der Waals surface area contributed by atoms with Crippen LogP contribution in [-0.2, 0) is 0 Å². The lowest BCUT2D eigenvalue weighted by atomic mass is 9.78. The van der Waals surface area contributed by atoms with Crippen LogP contribution >= 0.6 is 0 Å². The molecule has 0 saturated heterocycles. The van der Waals surface area contributed by atoms with Crippen molar-refractivity contribution in [1.29, 1.82) is 0 Å². The molecule has 0 heterocycles. The topological polar surface area (TPSA) is 44.8 Å². The van der Waals surface area contributed by atoms with Gasteiger partial charge in [0.25, 0.3) is 0 Å². The van der Waals surface area contributed by atoms with Gasteiger partial charge in [-0.3, -0.25) is 0 Å². The molecule has 4 nitrogen and oxygen atoms in total. The molecule has 38 heavy (non-hydrogen) atoms. The van der Waals surface area contributed by atoms with Crippen molar-refractivity contribution in [3.8, 4) is 17.2 Å². The van der Waals surface area contributed by atoms with Gasteiger partial charge < -0.3 is 14.2 Å². The summed E-state index contributed by atoms with van der Waals surface area (Å²) in [4.78, 5) is 12.5. The third-order valence-corrected chi connectivity index (χ3v) is 7.85. The molecule has 0 aliphatic heterocycles. The largest absolute Gasteiger partial charge is 0.494 e. The predicted molar refractivity (Wildman–Crippen MR) is 156 cm³/mol. The Labute approximate surface area is 231 Å². The molecule has 0 atom stereocenters. The number of esters is 1. The zero-order valence-electron chi connectivity index (χ0n) is 23.9. The van der Waals surface area contributed by atoms with E-state index in [1.165, 1.54) is 83.5 Å². The molecule has 0 unspecified atom stereocenters. The van der Waals surface area contributed by atoms with Crippen LogP contribution in [0, 0.1) is 11.8 Å². The lowest BCUT2D eigenvalue weighted by Gasteiger charge is -2.28. The maximum atomic E-state index is 12.5. The molecule has 2 aromatic rings. The van der Waals surface area contributed by atoms with E-state index in [4.69, 9.17) is 14.2 Å². The molecule has 4 heteroatoms. The second-order valence-corrected chi connectivity index (χ2v) is 11.0. The molecule has 0 bridgehead atoms. The van der Waals surface area contributed by atoms with Crippen LogP contribution in [0.4, 0.5) is 0 Å². The van der Waals surface area contributed by atoms with Gasteiger partial charge in [0.2, 0.25) is 0 Å². The molecule has 0 spiro atoms. The summed E-state index contributed by atoms with van der Waals surface area (Å²) in [6, 6.07) is 14.5. The van der Waals surface area contributed by atoms with E-state index in [0.717, 1.165) is 42.8 Å². The highest BCUT2D eigenvalue weighted by molar-refractivity contribution is 5.91. The summed E-state index contributed by atoms with van der Waals surface area (Å²) in [7, 11) is 0. The van der Waals surface area contributed by atoms with E-state index in [0.29, 0.717) is 17.9 Å². The van der Waals surface area contributed by atoms with E-state index in [1.807, 2.05) is 24.3 Å². The van der Waals surface area contributed by atoms with Crippen molar-refractivity contribution in [2.24, 2.45) is 11.8 Å². The molecular formula is C34H50O4. The summed E-state index contributed by atoms with van der Waals surface area (Å²) in [5, 5.41) is 0. The van der Waals surface area contributed by atoms with Crippen LogP contribution in [-0.4, -0.2) is 19.2 Å². The first kappa shape index (κ1) is 30.1. The Kier molecular flexibility index (Phi) is 14.2. The van der Waals surface area contributed by atoms with Crippen LogP contribution in [0.25, 0.3) is 0 Å². The number of carbonyl (C=O) groups is 1. The van der Waals surface area contributed by atoms with Crippen molar-refractivity contribution < 1.29 is 19.0 Å². The van der Waals surface area contributed by atoms with Crippen molar-refractivity contribution in [2.75, 3.05) is 13.2 Å². The highest BCUT2D eigenvalue weighted by Gasteiger charge is 2.20. The van der Waals surface area contributed by atoms with Gasteiger partial charge in [-0.15, -0.1) is 0 Å². The summed E-state index contributed by atoms with van der Waals surface area (Å²) in [5.41, 5.74) is 0.510. The van der Waals surface area contributed by atoms with Gasteiger partial charge in [0, 0.05) is 0 Å². The minimum Gasteiger partial charge on any atom is -0.494 e. The Hall–Kier alpha value is -2.49. The molecule has 0 amide bonds. The smallest absolute Gasteiger partial charge is 0.343 e. The van der Waals surface area contributed by atoms with Crippen molar-refractivity contribution >= 4 is 5.97 Å². The summed E-state index contributed by atoms with van der Waals surface area (Å²) in [6.45, 7) is 5.95. The van der Waals surface area contributed by atoms with Crippen LogP contribution < -0.4 is 14.2 Å². The lowest BCUT2D eigenvalue weighted by molar-refractivity contribution is 0.0734. The molecule has 1 aliphatic carbocycles. The first-order chi connectivity index (χ1) is 18.7. The first-order valence-corrected chi connectivity index (χ1v) is 15.4. The molecular weight excluding hydrogens is 472 g/mol. The third kappa shape index (κ3) is 11.5. The fourth-order valence-electron chi connectivity index (χ4n) is 5.41. The average molecular weight is 523 g/mol. The third-order valence-electron chi connectivity index (χ3n) is 7.85. The quantitative estimate of drug-likeness (QED) is 0.111. The van der Waals surface area contributed by atoms with Gasteiger partial charge in [0.05, 0.1) is 18.8 Å². The normalized spacial score (nSPS) is 17.2. The highest BCUT2D eigenvalue weighted by atomic mass is 16.5. The molecule has 1 aliphatic rings. The highest BCUT2D eigenvalue weighted by Crippen LogP contribution is 2.34. The zero-order valence-corrected chi connectivity index (χ0v) is 23.9. The monoisotopic (exact) mass is 522 g/mol. The SMILES string of the molecule is CCCCCCCOc1ccc(C(=O)Oc2ccc(OCCC[C@H]3CC[C@H](CCCCC)CC3)cc2)cc1. The molecule has 0 N–H and O–H groups in total. The lowest BCUT2D eigenvalue weighted by Crippen LogP contribution is -2.15. The van der Waals surface area contributed by atoms with Crippen molar-refractivity contribution in [1.82, 2.24) is 0 Å². The molecule has 3 rings (SSSR count). The van der Waals surface area contributed by atoms with E-state index in [1.54, 1.807) is 24.3 Å². The number of hydrogen-bond donors (Lipinski definition) is 0. The Balaban J connectivity index is 1.29. The van der Waals surface area contributed by atoms with E-state index in [2.05, 4.69) is 13.8 Å². The number of unbranched alkanes of at least 4 members (excludes halogenated alkanes) is 6. The van der Waals surface area contributed by atoms with Crippen molar-refractivity contribution in [3.63, 3.8) is 0 Å². The van der Waals surface area contributed by atoms with E-state index < -0.39 is 0 Å². The first-order valence-electron chi connectivity index (χ1n) is 15.4. The van der Waals surface area contributed by atoms with Crippen LogP contribution in [0.15, 0.2) is 48.5 Å². The molecule has 2 aromatic carbocycles. The zero-order chi connectivity index (χ0) is 26.8. The van der Waals surface area contributed by atoms with Gasteiger partial charge in [-0.25, -0.2) is 4.79 Å². The Morgan fingerprint density at radius 1 is 0.605 bits per heavy atom. The molecule has 0 aromatic heterocycles. The van der Waals surface area contributed by atoms with E-state index in [-0.39, 0.29) is 5.97 Å². The van der Waals surface area contributed by atoms with Gasteiger partial charge in [-0.1, -0.05) is 90.9 Å². The molecule has 1 fully saturated rings. The van der Waals surface area contributed by atoms with Crippen molar-refractivity contribution in [2.45, 2.75) is 110 Å². The van der Waals surface area contributed by atoms with Crippen LogP contribution in [0.2, 0.25) is 0 Å². The number of rotatable bonds is 18. The van der Waals surface area contributed by atoms with Gasteiger partial charge in [-0.2, -0.15) is 0 Å². The standard InChI is InChI=1S/C34H50O4/c1-3-5-7-8-10-26-36-31-20-18-30(19-21-31)34(35)38-33-24-22-32(23-25-33)37-27-11-13-29-16-14-28(15-17-29)12-9-6-4-2/h18-25,28-29H,3-17,26-27H2,1-2H3/t28-,29-. The van der Waals surface area contributed by atoms with Gasteiger partial charge in [-0.05, 0) is 79.6 Å². The van der Waals surface area contributed by atoms with E-state index >= 15 is 0 Å². The number of ether oxygens (including phenoxy) is 3. The maximum Gasteiger partial charge on any atom is 0.343 e. The van der Waals surface area contributed by atoms with Crippen LogP contribution in [0.1, 0.15) is 121 Å². The van der Waals surface area contributed by atoms with Crippen molar-refractivity contribution in [3.05, 3.63) is 54.1 Å². The van der Waals surface area contributed by atoms with Gasteiger partial charge in [0.1, 0.15) is 17.2 Å². The number of benzene rings is 2. The Bertz CT molecular complexity index is 882. The van der Waals surface area contributed by atoms with E-state index in [9.17, 15) is 4.79 Å². The minimum absolute atomic E-state index is 0.370. The summed E-state index contributed by atoms with van der Waals surface area (Å²) < 4.78 is 17.3. The van der Waals surface area contributed by atoms with Crippen LogP contribution in [0.5, 0.6) is 17.2 Å². The number of carbonyl (C=O) groups excluding carboxylic acids is 1.